The first-order chi connectivity index (χ1) is 52.1. The minimum atomic E-state index is -5.61. The molecule has 6 heterocycles. The molecule has 3 aromatic carbocycles. The van der Waals surface area contributed by atoms with Gasteiger partial charge in [-0.05, 0) is 119 Å². The zero-order valence-electron chi connectivity index (χ0n) is 66.6. The van der Waals surface area contributed by atoms with Crippen LogP contribution in [0.3, 0.4) is 0 Å². The minimum Gasteiger partial charge on any atom is -0.407 e. The zero-order chi connectivity index (χ0) is 82.2. The Hall–Kier alpha value is -6.32. The van der Waals surface area contributed by atoms with Crippen LogP contribution in [0.1, 0.15) is 144 Å². The molecule has 111 heavy (non-hydrogen) atoms. The summed E-state index contributed by atoms with van der Waals surface area (Å²) in [7, 11) is -21.8. The SMILES string of the molecule is CCN(CC)CC.CCN(CC)CC.Cc1ccc(S(=O)(=O)OCC/C=C/C[C@H](OP(=O)(O)O[C@H]2C[C@H](n3cc(C)c(=O)[nH]c3=O)O[C@@H]2COP(=O)(O)O[C@H]2[C@@H](O[Si](C)(C)C(C)(C)C)[C@H](n3ccc(=O)[nH]c3=O)O[C@@H]2CO)[C@H]2O[C@@H](n3cc(C)c(=O)[nH]c3=O)C[C@@H]2O[Si](c2ccccc2)(c2ccccc2)C(C)(C)C)cc1. The fraction of sp³-hybridized carbons (Fsp3) is 0.573. The molecule has 13 atom stereocenters. The van der Waals surface area contributed by atoms with Gasteiger partial charge in [0.15, 0.2) is 14.5 Å². The molecule has 31 nitrogen and oxygen atoms in total. The number of hydrogen-bond donors (Lipinski definition) is 6. The number of aliphatic hydroxyl groups excluding tert-OH is 1. The van der Waals surface area contributed by atoms with E-state index in [-0.39, 0.29) is 41.9 Å². The predicted octanol–water partition coefficient (Wildman–Crippen LogP) is 8.17. The molecular weight excluding hydrogens is 1530 g/mol. The molecule has 0 radical (unpaired) electrons. The van der Waals surface area contributed by atoms with E-state index in [1.165, 1.54) is 88.3 Å². The Balaban J connectivity index is 0.00000111. The third kappa shape index (κ3) is 23.9. The smallest absolute Gasteiger partial charge is 0.407 e. The number of H-pyrrole nitrogens is 3. The fourth-order valence-electron chi connectivity index (χ4n) is 13.1. The van der Waals surface area contributed by atoms with E-state index in [0.717, 1.165) is 37.3 Å². The summed E-state index contributed by atoms with van der Waals surface area (Å²) in [5.74, 6) is 0. The van der Waals surface area contributed by atoms with E-state index >= 15 is 4.57 Å². The molecule has 3 aliphatic heterocycles. The highest BCUT2D eigenvalue weighted by molar-refractivity contribution is 7.86. The van der Waals surface area contributed by atoms with Crippen LogP contribution in [0.5, 0.6) is 0 Å². The lowest BCUT2D eigenvalue weighted by Crippen LogP contribution is -2.68. The maximum absolute atomic E-state index is 15.3. The number of aryl methyl sites for hydroxylation is 3. The maximum atomic E-state index is 15.3. The largest absolute Gasteiger partial charge is 0.472 e. The van der Waals surface area contributed by atoms with Crippen LogP contribution in [0.25, 0.3) is 0 Å². The number of rotatable bonds is 33. The number of nitrogens with one attached hydrogen (secondary N) is 3. The van der Waals surface area contributed by atoms with Gasteiger partial charge in [0.2, 0.25) is 0 Å². The Labute approximate surface area is 650 Å². The zero-order valence-corrected chi connectivity index (χ0v) is 71.2. The number of ether oxygens (including phenoxy) is 3. The van der Waals surface area contributed by atoms with Crippen molar-refractivity contribution >= 4 is 52.8 Å². The highest BCUT2D eigenvalue weighted by Crippen LogP contribution is 2.55. The summed E-state index contributed by atoms with van der Waals surface area (Å²) in [4.78, 5) is 113. The van der Waals surface area contributed by atoms with E-state index in [1.54, 1.807) is 25.1 Å². The topological polar surface area (TPSA) is 392 Å². The molecule has 6 N–H and O–H groups in total. The van der Waals surface area contributed by atoms with Crippen molar-refractivity contribution in [1.29, 1.82) is 0 Å². The van der Waals surface area contributed by atoms with Crippen molar-refractivity contribution in [2.45, 2.75) is 225 Å². The van der Waals surface area contributed by atoms with Crippen LogP contribution in [-0.2, 0) is 64.6 Å². The Kier molecular flexibility index (Phi) is 33.0. The van der Waals surface area contributed by atoms with Gasteiger partial charge in [0.25, 0.3) is 35.1 Å². The first-order valence-electron chi connectivity index (χ1n) is 37.5. The molecule has 0 spiro atoms. The predicted molar refractivity (Wildman–Crippen MR) is 426 cm³/mol. The van der Waals surface area contributed by atoms with Crippen LogP contribution in [0.2, 0.25) is 23.2 Å². The second kappa shape index (κ2) is 39.8. The summed E-state index contributed by atoms with van der Waals surface area (Å²) >= 11 is 0. The minimum absolute atomic E-state index is 0.00772. The van der Waals surface area contributed by atoms with Gasteiger partial charge in [-0.2, -0.15) is 8.42 Å². The molecule has 36 heteroatoms. The van der Waals surface area contributed by atoms with Gasteiger partial charge in [-0.25, -0.2) is 23.5 Å². The van der Waals surface area contributed by atoms with Crippen molar-refractivity contribution < 1.29 is 77.8 Å². The van der Waals surface area contributed by atoms with Gasteiger partial charge in [0, 0.05) is 48.6 Å². The third-order valence-corrected chi connectivity index (χ3v) is 33.3. The number of phosphoric acid groups is 2. The van der Waals surface area contributed by atoms with Crippen LogP contribution in [0.15, 0.2) is 155 Å². The van der Waals surface area contributed by atoms with Gasteiger partial charge in [0.1, 0.15) is 55.2 Å². The Morgan fingerprint density at radius 3 is 1.59 bits per heavy atom. The lowest BCUT2D eigenvalue weighted by atomic mass is 10.0. The second-order valence-corrected chi connectivity index (χ2v) is 43.3. The molecule has 3 saturated heterocycles. The van der Waals surface area contributed by atoms with Crippen LogP contribution in [0.4, 0.5) is 0 Å². The Bertz CT molecular complexity index is 4560. The molecule has 3 fully saturated rings. The van der Waals surface area contributed by atoms with Crippen molar-refractivity contribution in [3.8, 4) is 0 Å². The molecule has 3 aliphatic rings. The molecule has 6 aromatic rings. The van der Waals surface area contributed by atoms with Crippen LogP contribution in [-0.4, -0.2) is 186 Å². The lowest BCUT2D eigenvalue weighted by Gasteiger charge is -2.45. The normalized spacial score (nSPS) is 22.6. The summed E-state index contributed by atoms with van der Waals surface area (Å²) < 4.78 is 122. The van der Waals surface area contributed by atoms with Crippen molar-refractivity contribution in [2.24, 2.45) is 0 Å². The van der Waals surface area contributed by atoms with Crippen LogP contribution in [0, 0.1) is 20.8 Å². The second-order valence-electron chi connectivity index (χ2n) is 30.0. The van der Waals surface area contributed by atoms with E-state index < -0.39 is 173 Å². The molecule has 2 unspecified atom stereocenters. The molecular formula is C75H114N8O23P2SSi2. The number of nitrogens with zero attached hydrogens (tertiary/aromatic N) is 5. The number of benzene rings is 3. The van der Waals surface area contributed by atoms with Gasteiger partial charge in [-0.1, -0.05) is 174 Å². The van der Waals surface area contributed by atoms with Crippen molar-refractivity contribution in [2.75, 3.05) is 59.1 Å². The van der Waals surface area contributed by atoms with Gasteiger partial charge < -0.3 is 47.8 Å². The number of phosphoric ester groups is 2. The summed E-state index contributed by atoms with van der Waals surface area (Å²) in [5, 5.41) is 11.1. The maximum Gasteiger partial charge on any atom is 0.472 e. The van der Waals surface area contributed by atoms with Crippen molar-refractivity contribution in [1.82, 2.24) is 38.5 Å². The van der Waals surface area contributed by atoms with Crippen molar-refractivity contribution in [3.05, 3.63) is 201 Å². The van der Waals surface area contributed by atoms with Gasteiger partial charge in [0.05, 0.1) is 30.8 Å². The molecule has 3 aromatic heterocycles. The molecule has 616 valence electrons. The van der Waals surface area contributed by atoms with E-state index in [9.17, 15) is 56.6 Å². The van der Waals surface area contributed by atoms with Crippen LogP contribution < -0.4 is 44.1 Å². The van der Waals surface area contributed by atoms with Gasteiger partial charge in [-0.3, -0.25) is 65.3 Å². The first-order valence-corrected chi connectivity index (χ1v) is 46.7. The Morgan fingerprint density at radius 2 is 1.12 bits per heavy atom. The number of aromatic amines is 3. The average Bonchev–Trinajstić information content (AvgIpc) is 1.72. The number of aromatic nitrogens is 6. The fourth-order valence-corrected chi connectivity index (χ4v) is 22.1. The molecule has 0 amide bonds. The van der Waals surface area contributed by atoms with Gasteiger partial charge >= 0.3 is 32.7 Å². The molecule has 0 saturated carbocycles. The van der Waals surface area contributed by atoms with Crippen LogP contribution >= 0.6 is 15.6 Å². The first kappa shape index (κ1) is 91.9. The monoisotopic (exact) mass is 1640 g/mol. The number of aliphatic hydroxyl groups is 1. The highest BCUT2D eigenvalue weighted by atomic mass is 32.2. The summed E-state index contributed by atoms with van der Waals surface area (Å²) in [5.41, 5.74) is -3.81. The Morgan fingerprint density at radius 1 is 0.613 bits per heavy atom. The van der Waals surface area contributed by atoms with Gasteiger partial charge in [-0.15, -0.1) is 0 Å². The van der Waals surface area contributed by atoms with Crippen molar-refractivity contribution in [3.63, 3.8) is 0 Å². The quantitative estimate of drug-likeness (QED) is 0.00743. The highest BCUT2D eigenvalue weighted by Gasteiger charge is 2.57. The summed E-state index contributed by atoms with van der Waals surface area (Å²) in [6, 6.07) is 26.2. The van der Waals surface area contributed by atoms with E-state index in [0.29, 0.717) is 0 Å². The summed E-state index contributed by atoms with van der Waals surface area (Å²) in [6.07, 6.45) is -10.3. The molecule has 0 bridgehead atoms. The van der Waals surface area contributed by atoms with E-state index in [4.69, 9.17) is 45.3 Å². The standard InChI is InChI=1S/C63H84N6O23P2SSi2.2C6H15N/c1-39-26-28-42(29-27-39)95(81,82)84-32-20-14-19-25-45(53-47(34-52(87-53)69-36-41(3)57(73)66-61(69)76)91-97(63(7,8)9,43-21-15-12-16-22-43)44-23-17-13-18-24-44)88-94(79,80)89-46-33-51(68-35-40(2)56(72)65-60(68)75)85-49(46)38-83-93(77,78)90-54-48(37-70)86-58(67-31-30-50(71)64-59(67)74)55(54)92-96(10,11)62(4,5)6;2*1-4-7(5-2)6-3/h12-19,21-24,26-31,35-36,45-49,51-55,58,70H,20,25,32-34,37-38H2,1-11H3,(H,77,78)(H,79,80)(H,64,71,74)(H,65,72,75)(H,66,73,76);2*4-6H2,1-3H3/b19-14+;;/t45-,46-,47-,48+,49+,51+,52+,53+,54+,55+,58+;;/m0../s1. The number of hydrogen-bond acceptors (Lipinski definition) is 23. The van der Waals surface area contributed by atoms with E-state index in [1.807, 2.05) is 115 Å². The molecule has 0 aliphatic carbocycles. The lowest BCUT2D eigenvalue weighted by molar-refractivity contribution is -0.0843. The van der Waals surface area contributed by atoms with E-state index in [2.05, 4.69) is 66.3 Å². The summed E-state index contributed by atoms with van der Waals surface area (Å²) in [6.45, 7) is 38.3. The average molecular weight is 1650 g/mol. The third-order valence-electron chi connectivity index (χ3n) is 20.4. The molecule has 9 rings (SSSR count).